The SMILES string of the molecule is N=c1c2cc(N)c(N)cc2c(N)cn1O. The first-order chi connectivity index (χ1) is 7.00. The molecule has 0 radical (unpaired) electrons. The number of hydrogen-bond donors (Lipinski definition) is 5. The number of pyridine rings is 1. The van der Waals surface area contributed by atoms with Crippen molar-refractivity contribution in [3.63, 3.8) is 0 Å². The van der Waals surface area contributed by atoms with Gasteiger partial charge in [-0.1, -0.05) is 0 Å². The van der Waals surface area contributed by atoms with Crippen LogP contribution in [0, 0.1) is 5.41 Å². The lowest BCUT2D eigenvalue weighted by Crippen LogP contribution is -2.18. The quantitative estimate of drug-likeness (QED) is 0.309. The van der Waals surface area contributed by atoms with Crippen molar-refractivity contribution < 1.29 is 5.21 Å². The summed E-state index contributed by atoms with van der Waals surface area (Å²) >= 11 is 0. The molecular weight excluding hydrogens is 194 g/mol. The minimum atomic E-state index is -0.0779. The molecule has 1 heterocycles. The standard InChI is InChI=1S/C9H11N5O/c10-6-1-4-5(2-7(6)11)9(13)14(15)3-8(4)12/h1-3,13,15H,10-12H2. The summed E-state index contributed by atoms with van der Waals surface area (Å²) < 4.78 is 0.646. The predicted octanol–water partition coefficient (Wildman–Crippen LogP) is 0.105. The van der Waals surface area contributed by atoms with Gasteiger partial charge in [-0.15, -0.1) is 0 Å². The maximum Gasteiger partial charge on any atom is 0.168 e. The molecule has 78 valence electrons. The highest BCUT2D eigenvalue weighted by atomic mass is 16.5. The Morgan fingerprint density at radius 2 is 1.53 bits per heavy atom. The van der Waals surface area contributed by atoms with Crippen LogP contribution in [0.25, 0.3) is 10.8 Å². The largest absolute Gasteiger partial charge is 0.427 e. The number of aromatic nitrogens is 1. The summed E-state index contributed by atoms with van der Waals surface area (Å²) in [4.78, 5) is 0. The Morgan fingerprint density at radius 3 is 2.13 bits per heavy atom. The molecule has 1 aromatic carbocycles. The van der Waals surface area contributed by atoms with Crippen molar-refractivity contribution in [3.8, 4) is 0 Å². The fourth-order valence-electron chi connectivity index (χ4n) is 1.46. The van der Waals surface area contributed by atoms with Gasteiger partial charge in [-0.05, 0) is 12.1 Å². The number of nitrogen functional groups attached to an aromatic ring is 3. The fourth-order valence-corrected chi connectivity index (χ4v) is 1.46. The van der Waals surface area contributed by atoms with Crippen LogP contribution in [-0.2, 0) is 0 Å². The molecule has 15 heavy (non-hydrogen) atoms. The number of hydrogen-bond acceptors (Lipinski definition) is 5. The smallest absolute Gasteiger partial charge is 0.168 e. The number of rotatable bonds is 0. The van der Waals surface area contributed by atoms with Gasteiger partial charge >= 0.3 is 0 Å². The van der Waals surface area contributed by atoms with E-state index in [4.69, 9.17) is 22.6 Å². The van der Waals surface area contributed by atoms with Gasteiger partial charge in [0.15, 0.2) is 5.49 Å². The van der Waals surface area contributed by atoms with Gasteiger partial charge in [-0.3, -0.25) is 5.41 Å². The van der Waals surface area contributed by atoms with Crippen LogP contribution in [0.1, 0.15) is 0 Å². The van der Waals surface area contributed by atoms with Crippen LogP contribution in [0.15, 0.2) is 18.3 Å². The Labute approximate surface area is 85.0 Å². The molecule has 0 saturated carbocycles. The van der Waals surface area contributed by atoms with Gasteiger partial charge < -0.3 is 22.4 Å². The third-order valence-electron chi connectivity index (χ3n) is 2.28. The molecule has 8 N–H and O–H groups in total. The summed E-state index contributed by atoms with van der Waals surface area (Å²) in [7, 11) is 0. The normalized spacial score (nSPS) is 10.7. The zero-order valence-corrected chi connectivity index (χ0v) is 7.86. The molecule has 0 atom stereocenters. The summed E-state index contributed by atoms with van der Waals surface area (Å²) in [6.07, 6.45) is 1.25. The average Bonchev–Trinajstić information content (AvgIpc) is 2.18. The summed E-state index contributed by atoms with van der Waals surface area (Å²) in [6, 6.07) is 3.12. The number of nitrogens with zero attached hydrogens (tertiary/aromatic N) is 1. The van der Waals surface area contributed by atoms with Crippen molar-refractivity contribution in [1.29, 1.82) is 5.41 Å². The molecule has 6 nitrogen and oxygen atoms in total. The average molecular weight is 205 g/mol. The van der Waals surface area contributed by atoms with E-state index >= 15 is 0 Å². The zero-order chi connectivity index (χ0) is 11.2. The van der Waals surface area contributed by atoms with Crippen LogP contribution >= 0.6 is 0 Å². The Kier molecular flexibility index (Phi) is 1.72. The van der Waals surface area contributed by atoms with Crippen molar-refractivity contribution in [2.24, 2.45) is 0 Å². The second kappa shape index (κ2) is 2.81. The van der Waals surface area contributed by atoms with Crippen molar-refractivity contribution >= 4 is 27.8 Å². The Balaban J connectivity index is 3.04. The van der Waals surface area contributed by atoms with E-state index in [1.807, 2.05) is 0 Å². The first kappa shape index (κ1) is 9.20. The molecule has 0 amide bonds. The van der Waals surface area contributed by atoms with Crippen molar-refractivity contribution in [2.75, 3.05) is 17.2 Å². The molecule has 0 fully saturated rings. The van der Waals surface area contributed by atoms with E-state index in [0.717, 1.165) is 0 Å². The van der Waals surface area contributed by atoms with Crippen LogP contribution in [0.2, 0.25) is 0 Å². The molecule has 2 rings (SSSR count). The molecule has 0 saturated heterocycles. The maximum absolute atomic E-state index is 9.34. The monoisotopic (exact) mass is 205 g/mol. The molecule has 2 aromatic rings. The van der Waals surface area contributed by atoms with Gasteiger partial charge in [0.05, 0.1) is 23.3 Å². The Bertz CT molecular complexity index is 601. The summed E-state index contributed by atoms with van der Waals surface area (Å²) in [5.41, 5.74) is 18.0. The number of benzene rings is 1. The summed E-state index contributed by atoms with van der Waals surface area (Å²) in [6.45, 7) is 0. The second-order valence-corrected chi connectivity index (χ2v) is 3.30. The summed E-state index contributed by atoms with van der Waals surface area (Å²) in [5, 5.41) is 18.0. The Hall–Kier alpha value is -2.37. The predicted molar refractivity (Wildman–Crippen MR) is 58.2 cm³/mol. The molecule has 1 aromatic heterocycles. The number of nitrogens with one attached hydrogen (secondary N) is 1. The van der Waals surface area contributed by atoms with E-state index in [-0.39, 0.29) is 5.49 Å². The highest BCUT2D eigenvalue weighted by Gasteiger charge is 2.06. The maximum atomic E-state index is 9.34. The van der Waals surface area contributed by atoms with E-state index in [0.29, 0.717) is 32.6 Å². The van der Waals surface area contributed by atoms with Gasteiger partial charge in [0, 0.05) is 10.8 Å². The van der Waals surface area contributed by atoms with Gasteiger partial charge in [0.25, 0.3) is 0 Å². The number of anilines is 3. The van der Waals surface area contributed by atoms with Crippen LogP contribution in [0.5, 0.6) is 0 Å². The van der Waals surface area contributed by atoms with Crippen molar-refractivity contribution in [2.45, 2.75) is 0 Å². The zero-order valence-electron chi connectivity index (χ0n) is 7.86. The molecule has 0 spiro atoms. The van der Waals surface area contributed by atoms with Crippen LogP contribution < -0.4 is 22.7 Å². The van der Waals surface area contributed by atoms with Crippen molar-refractivity contribution in [3.05, 3.63) is 23.8 Å². The molecular formula is C9H11N5O. The molecule has 0 bridgehead atoms. The molecule has 0 aliphatic carbocycles. The van der Waals surface area contributed by atoms with Crippen LogP contribution in [0.3, 0.4) is 0 Å². The molecule has 0 unspecified atom stereocenters. The highest BCUT2D eigenvalue weighted by molar-refractivity contribution is 5.97. The highest BCUT2D eigenvalue weighted by Crippen LogP contribution is 2.24. The van der Waals surface area contributed by atoms with Gasteiger partial charge in [0.1, 0.15) is 0 Å². The van der Waals surface area contributed by atoms with Crippen LogP contribution in [0.4, 0.5) is 17.1 Å². The van der Waals surface area contributed by atoms with Gasteiger partial charge in [0.2, 0.25) is 0 Å². The summed E-state index contributed by atoms with van der Waals surface area (Å²) in [5.74, 6) is 0. The lowest BCUT2D eigenvalue weighted by molar-refractivity contribution is 0.173. The molecule has 6 heteroatoms. The first-order valence-electron chi connectivity index (χ1n) is 4.24. The second-order valence-electron chi connectivity index (χ2n) is 3.30. The van der Waals surface area contributed by atoms with Crippen LogP contribution in [-0.4, -0.2) is 9.94 Å². The fraction of sp³-hybridized carbons (Fsp3) is 0. The van der Waals surface area contributed by atoms with Crippen molar-refractivity contribution in [1.82, 2.24) is 4.73 Å². The first-order valence-corrected chi connectivity index (χ1v) is 4.24. The minimum absolute atomic E-state index is 0.0779. The van der Waals surface area contributed by atoms with Gasteiger partial charge in [-0.25, -0.2) is 0 Å². The Morgan fingerprint density at radius 1 is 1.00 bits per heavy atom. The van der Waals surface area contributed by atoms with E-state index in [1.165, 1.54) is 12.3 Å². The van der Waals surface area contributed by atoms with Gasteiger partial charge in [-0.2, -0.15) is 4.73 Å². The molecule has 0 aliphatic rings. The van der Waals surface area contributed by atoms with E-state index in [1.54, 1.807) is 6.07 Å². The number of fused-ring (bicyclic) bond motifs is 1. The third-order valence-corrected chi connectivity index (χ3v) is 2.28. The minimum Gasteiger partial charge on any atom is -0.427 e. The number of nitrogens with two attached hydrogens (primary N) is 3. The lowest BCUT2D eigenvalue weighted by Gasteiger charge is -2.08. The van der Waals surface area contributed by atoms with E-state index in [9.17, 15) is 5.21 Å². The topological polar surface area (TPSA) is 127 Å². The van der Waals surface area contributed by atoms with E-state index < -0.39 is 0 Å². The lowest BCUT2D eigenvalue weighted by atomic mass is 10.1. The van der Waals surface area contributed by atoms with E-state index in [2.05, 4.69) is 0 Å². The molecule has 0 aliphatic heterocycles. The third kappa shape index (κ3) is 1.23.